The van der Waals surface area contributed by atoms with Crippen molar-refractivity contribution in [3.63, 3.8) is 0 Å². The second kappa shape index (κ2) is 8.48. The molecule has 0 radical (unpaired) electrons. The number of rotatable bonds is 8. The number of phenolic OH excluding ortho intramolecular Hbond substituents is 1. The minimum Gasteiger partial charge on any atom is -0.504 e. The predicted molar refractivity (Wildman–Crippen MR) is 85.5 cm³/mol. The van der Waals surface area contributed by atoms with Crippen molar-refractivity contribution in [2.45, 2.75) is 6.61 Å². The van der Waals surface area contributed by atoms with E-state index in [-0.39, 0.29) is 19.0 Å². The summed E-state index contributed by atoms with van der Waals surface area (Å²) in [4.78, 5) is 10.9. The summed E-state index contributed by atoms with van der Waals surface area (Å²) in [5.41, 5.74) is 1.01. The average molecular weight is 314 g/mol. The van der Waals surface area contributed by atoms with E-state index in [0.717, 1.165) is 11.6 Å². The van der Waals surface area contributed by atoms with Crippen LogP contribution in [0.2, 0.25) is 0 Å². The predicted octanol–water partition coefficient (Wildman–Crippen LogP) is 3.08. The molecule has 0 unspecified atom stereocenters. The second-order valence-corrected chi connectivity index (χ2v) is 4.62. The summed E-state index contributed by atoms with van der Waals surface area (Å²) in [5.74, 6) is 0.325. The third-order valence-electron chi connectivity index (χ3n) is 2.93. The maximum Gasteiger partial charge on any atom is 0.330 e. The van der Waals surface area contributed by atoms with Gasteiger partial charge in [-0.1, -0.05) is 36.9 Å². The highest BCUT2D eigenvalue weighted by Gasteiger charge is 2.05. The lowest BCUT2D eigenvalue weighted by Crippen LogP contribution is -2.10. The van der Waals surface area contributed by atoms with Crippen molar-refractivity contribution < 1.29 is 24.1 Å². The van der Waals surface area contributed by atoms with Crippen LogP contribution in [0.3, 0.4) is 0 Å². The van der Waals surface area contributed by atoms with E-state index in [1.807, 2.05) is 30.3 Å². The molecule has 0 aromatic heterocycles. The zero-order chi connectivity index (χ0) is 16.5. The summed E-state index contributed by atoms with van der Waals surface area (Å²) < 4.78 is 15.7. The van der Waals surface area contributed by atoms with Crippen molar-refractivity contribution in [2.24, 2.45) is 0 Å². The highest BCUT2D eigenvalue weighted by Crippen LogP contribution is 2.30. The maximum atomic E-state index is 10.9. The van der Waals surface area contributed by atoms with Crippen LogP contribution in [0.1, 0.15) is 5.56 Å². The monoisotopic (exact) mass is 314 g/mol. The molecule has 1 N–H and O–H groups in total. The Hall–Kier alpha value is -2.95. The van der Waals surface area contributed by atoms with Gasteiger partial charge in [0.05, 0.1) is 0 Å². The first-order valence-electron chi connectivity index (χ1n) is 7.11. The highest BCUT2D eigenvalue weighted by molar-refractivity contribution is 5.81. The molecule has 0 bridgehead atoms. The van der Waals surface area contributed by atoms with Crippen LogP contribution >= 0.6 is 0 Å². The van der Waals surface area contributed by atoms with E-state index in [9.17, 15) is 9.90 Å². The average Bonchev–Trinajstić information content (AvgIpc) is 2.58. The first kappa shape index (κ1) is 16.4. The van der Waals surface area contributed by atoms with Gasteiger partial charge >= 0.3 is 5.97 Å². The van der Waals surface area contributed by atoms with Crippen LogP contribution in [0.15, 0.2) is 61.2 Å². The fraction of sp³-hybridized carbons (Fsp3) is 0.167. The van der Waals surface area contributed by atoms with Crippen LogP contribution in [-0.4, -0.2) is 24.3 Å². The lowest BCUT2D eigenvalue weighted by molar-refractivity contribution is -0.138. The number of esters is 1. The fourth-order valence-corrected chi connectivity index (χ4v) is 1.81. The minimum atomic E-state index is -0.499. The maximum absolute atomic E-state index is 10.9. The largest absolute Gasteiger partial charge is 0.504 e. The quantitative estimate of drug-likeness (QED) is 0.461. The number of carbonyl (C=O) groups excluding carboxylic acids is 1. The molecule has 2 aromatic rings. The molecule has 0 saturated heterocycles. The van der Waals surface area contributed by atoms with E-state index in [4.69, 9.17) is 14.2 Å². The Labute approximate surface area is 134 Å². The molecule has 2 aromatic carbocycles. The molecule has 0 aliphatic carbocycles. The number of phenols is 1. The Morgan fingerprint density at radius 1 is 1.09 bits per heavy atom. The number of hydrogen-bond donors (Lipinski definition) is 1. The van der Waals surface area contributed by atoms with E-state index in [1.165, 1.54) is 6.07 Å². The minimum absolute atomic E-state index is 0.0125. The first-order valence-corrected chi connectivity index (χ1v) is 7.11. The van der Waals surface area contributed by atoms with Gasteiger partial charge in [0.25, 0.3) is 0 Å². The number of hydrogen-bond acceptors (Lipinski definition) is 5. The van der Waals surface area contributed by atoms with Crippen LogP contribution in [0.5, 0.6) is 17.2 Å². The smallest absolute Gasteiger partial charge is 0.330 e. The summed E-state index contributed by atoms with van der Waals surface area (Å²) >= 11 is 0. The SMILES string of the molecule is C=CC(=O)OCCOc1ccc(OCc2ccccc2)c(O)c1. The van der Waals surface area contributed by atoms with Crippen LogP contribution in [0.4, 0.5) is 0 Å². The van der Waals surface area contributed by atoms with Crippen molar-refractivity contribution in [1.29, 1.82) is 0 Å². The molecule has 5 nitrogen and oxygen atoms in total. The molecule has 0 heterocycles. The Kier molecular flexibility index (Phi) is 6.06. The molecule has 0 saturated carbocycles. The van der Waals surface area contributed by atoms with Crippen LogP contribution in [-0.2, 0) is 16.1 Å². The van der Waals surface area contributed by atoms with Gasteiger partial charge < -0.3 is 19.3 Å². The summed E-state index contributed by atoms with van der Waals surface area (Å²) in [6.07, 6.45) is 1.09. The Balaban J connectivity index is 1.83. The first-order chi connectivity index (χ1) is 11.2. The van der Waals surface area contributed by atoms with E-state index in [2.05, 4.69) is 6.58 Å². The van der Waals surface area contributed by atoms with Crippen LogP contribution < -0.4 is 9.47 Å². The lowest BCUT2D eigenvalue weighted by atomic mass is 10.2. The van der Waals surface area contributed by atoms with Crippen molar-refractivity contribution in [2.75, 3.05) is 13.2 Å². The normalized spacial score (nSPS) is 9.91. The molecular formula is C18H18O5. The molecule has 0 amide bonds. The van der Waals surface area contributed by atoms with Gasteiger partial charge in [-0.25, -0.2) is 4.79 Å². The Morgan fingerprint density at radius 2 is 1.87 bits per heavy atom. The second-order valence-electron chi connectivity index (χ2n) is 4.62. The van der Waals surface area contributed by atoms with Crippen molar-refractivity contribution in [3.8, 4) is 17.2 Å². The highest BCUT2D eigenvalue weighted by atomic mass is 16.6. The van der Waals surface area contributed by atoms with Crippen molar-refractivity contribution in [1.82, 2.24) is 0 Å². The summed E-state index contributed by atoms with van der Waals surface area (Å²) in [5, 5.41) is 9.95. The number of ether oxygens (including phenoxy) is 3. The molecule has 120 valence electrons. The molecule has 0 aliphatic heterocycles. The fourth-order valence-electron chi connectivity index (χ4n) is 1.81. The summed E-state index contributed by atoms with van der Waals surface area (Å²) in [6, 6.07) is 14.4. The van der Waals surface area contributed by atoms with Crippen LogP contribution in [0.25, 0.3) is 0 Å². The molecular weight excluding hydrogens is 296 g/mol. The van der Waals surface area contributed by atoms with E-state index in [0.29, 0.717) is 18.1 Å². The third kappa shape index (κ3) is 5.39. The van der Waals surface area contributed by atoms with E-state index >= 15 is 0 Å². The number of aromatic hydroxyl groups is 1. The van der Waals surface area contributed by atoms with Gasteiger partial charge in [-0.3, -0.25) is 0 Å². The molecule has 2 rings (SSSR count). The summed E-state index contributed by atoms with van der Waals surface area (Å²) in [7, 11) is 0. The van der Waals surface area contributed by atoms with Gasteiger partial charge in [0, 0.05) is 12.1 Å². The molecule has 5 heteroatoms. The van der Waals surface area contributed by atoms with E-state index < -0.39 is 5.97 Å². The standard InChI is InChI=1S/C18H18O5/c1-2-18(20)22-11-10-21-15-8-9-17(16(19)12-15)23-13-14-6-4-3-5-7-14/h2-9,12,19H,1,10-11,13H2. The third-order valence-corrected chi connectivity index (χ3v) is 2.93. The number of carbonyl (C=O) groups is 1. The van der Waals surface area contributed by atoms with Gasteiger partial charge in [0.15, 0.2) is 11.5 Å². The van der Waals surface area contributed by atoms with Gasteiger partial charge in [-0.15, -0.1) is 0 Å². The Bertz CT molecular complexity index is 652. The topological polar surface area (TPSA) is 65.0 Å². The molecule has 23 heavy (non-hydrogen) atoms. The van der Waals surface area contributed by atoms with E-state index in [1.54, 1.807) is 12.1 Å². The van der Waals surface area contributed by atoms with Gasteiger partial charge in [0.2, 0.25) is 0 Å². The lowest BCUT2D eigenvalue weighted by Gasteiger charge is -2.11. The molecule has 0 atom stereocenters. The zero-order valence-electron chi connectivity index (χ0n) is 12.6. The number of benzene rings is 2. The molecule has 0 spiro atoms. The van der Waals surface area contributed by atoms with Gasteiger partial charge in [-0.05, 0) is 17.7 Å². The summed E-state index contributed by atoms with van der Waals surface area (Å²) in [6.45, 7) is 3.96. The van der Waals surface area contributed by atoms with Crippen molar-refractivity contribution >= 4 is 5.97 Å². The van der Waals surface area contributed by atoms with Gasteiger partial charge in [-0.2, -0.15) is 0 Å². The molecule has 0 aliphatic rings. The zero-order valence-corrected chi connectivity index (χ0v) is 12.6. The van der Waals surface area contributed by atoms with Crippen LogP contribution in [0, 0.1) is 0 Å². The molecule has 0 fully saturated rings. The van der Waals surface area contributed by atoms with Crippen molar-refractivity contribution in [3.05, 3.63) is 66.7 Å². The van der Waals surface area contributed by atoms with Gasteiger partial charge in [0.1, 0.15) is 25.6 Å². The Morgan fingerprint density at radius 3 is 2.57 bits per heavy atom.